The van der Waals surface area contributed by atoms with Gasteiger partial charge in [-0.05, 0) is 79.6 Å². The first-order valence-electron chi connectivity index (χ1n) is 18.3. The number of carbonyl (C=O) groups excluding carboxylic acids is 2. The first-order valence-corrected chi connectivity index (χ1v) is 18.3. The van der Waals surface area contributed by atoms with E-state index in [4.69, 9.17) is 25.3 Å². The Kier molecular flexibility index (Phi) is 11.4. The van der Waals surface area contributed by atoms with Gasteiger partial charge in [-0.3, -0.25) is 4.79 Å². The molecule has 13 heteroatoms. The molecule has 1 fully saturated rings. The molecule has 0 spiro atoms. The van der Waals surface area contributed by atoms with Gasteiger partial charge in [0.05, 0.1) is 42.3 Å². The highest BCUT2D eigenvalue weighted by molar-refractivity contribution is 6.05. The van der Waals surface area contributed by atoms with E-state index in [2.05, 4.69) is 34.6 Å². The summed E-state index contributed by atoms with van der Waals surface area (Å²) in [7, 11) is 2.92. The summed E-state index contributed by atoms with van der Waals surface area (Å²) in [4.78, 5) is 49.4. The number of halogens is 1. The van der Waals surface area contributed by atoms with Gasteiger partial charge in [0.15, 0.2) is 0 Å². The van der Waals surface area contributed by atoms with E-state index in [-0.39, 0.29) is 35.6 Å². The number of carbonyl (C=O) groups is 2. The lowest BCUT2D eigenvalue weighted by atomic mass is 9.89. The first kappa shape index (κ1) is 37.2. The molecule has 0 aliphatic carbocycles. The number of nitrogens with two attached hydrogens (primary N) is 1. The number of nitrogens with zero attached hydrogens (tertiary/aromatic N) is 3. The van der Waals surface area contributed by atoms with Crippen molar-refractivity contribution in [1.29, 1.82) is 0 Å². The molecule has 0 bridgehead atoms. The number of H-pyrrole nitrogens is 2. The number of hydroxylamine groups is 1. The van der Waals surface area contributed by atoms with Crippen LogP contribution < -0.4 is 16.5 Å². The second-order valence-corrected chi connectivity index (χ2v) is 14.6. The number of aromatic amines is 2. The summed E-state index contributed by atoms with van der Waals surface area (Å²) < 4.78 is 20.6. The van der Waals surface area contributed by atoms with Gasteiger partial charge in [0, 0.05) is 35.5 Å². The van der Waals surface area contributed by atoms with E-state index in [0.29, 0.717) is 47.8 Å². The van der Waals surface area contributed by atoms with Gasteiger partial charge in [-0.25, -0.2) is 19.2 Å². The summed E-state index contributed by atoms with van der Waals surface area (Å²) in [5.74, 6) is 1.34. The lowest BCUT2D eigenvalue weighted by molar-refractivity contribution is -0.135. The maximum absolute atomic E-state index is 15.8. The van der Waals surface area contributed by atoms with Crippen LogP contribution in [-0.2, 0) is 14.4 Å². The highest BCUT2D eigenvalue weighted by Crippen LogP contribution is 2.36. The average Bonchev–Trinajstić information content (AvgIpc) is 3.89. The molecule has 4 atom stereocenters. The third kappa shape index (κ3) is 7.62. The second kappa shape index (κ2) is 16.0. The Morgan fingerprint density at radius 3 is 2.56 bits per heavy atom. The second-order valence-electron chi connectivity index (χ2n) is 14.6. The van der Waals surface area contributed by atoms with E-state index in [1.54, 1.807) is 18.1 Å². The Balaban J connectivity index is 1.29. The number of hydrogen-bond acceptors (Lipinski definition) is 8. The van der Waals surface area contributed by atoms with Crippen LogP contribution in [0.5, 0.6) is 0 Å². The molecule has 2 aromatic heterocycles. The number of benzene rings is 3. The fourth-order valence-corrected chi connectivity index (χ4v) is 7.46. The van der Waals surface area contributed by atoms with Crippen LogP contribution in [0.2, 0.25) is 0 Å². The third-order valence-corrected chi connectivity index (χ3v) is 10.4. The lowest BCUT2D eigenvalue weighted by Gasteiger charge is -2.29. The standard InChI is InChI=1S/C39H51FN8O4/c1-21(2)30(47-52-6)18-25(9-7-15-41)36-42-29-14-12-23-17-24(11-13-26(23)35(29)45-36)27-19-31-32(20-28(27)40)44-37(43-31)33-10-8-16-48(33)38(49)34(22(3)4)46-39(50)51-5/h11-14,17,19-22,25,30,33-34,47H,7-10,15-16,18,41H2,1-6H3,(H,42,45)(H,43,44)(H,46,50)/t25?,30-,33+,34+/m1/s1. The lowest BCUT2D eigenvalue weighted by Crippen LogP contribution is -2.51. The number of nitrogens with one attached hydrogen (secondary N) is 4. The molecule has 0 radical (unpaired) electrons. The van der Waals surface area contributed by atoms with Gasteiger partial charge >= 0.3 is 6.09 Å². The van der Waals surface area contributed by atoms with Gasteiger partial charge in [-0.1, -0.05) is 45.9 Å². The van der Waals surface area contributed by atoms with Crippen LogP contribution in [0, 0.1) is 17.7 Å². The number of rotatable bonds is 14. The number of hydrogen-bond donors (Lipinski definition) is 5. The van der Waals surface area contributed by atoms with E-state index < -0.39 is 12.1 Å². The monoisotopic (exact) mass is 714 g/mol. The fraction of sp³-hybridized carbons (Fsp3) is 0.487. The first-order chi connectivity index (χ1) is 25.0. The Morgan fingerprint density at radius 1 is 1.04 bits per heavy atom. The van der Waals surface area contributed by atoms with Crippen LogP contribution in [0.3, 0.4) is 0 Å². The zero-order valence-electron chi connectivity index (χ0n) is 30.9. The zero-order chi connectivity index (χ0) is 37.1. The van der Waals surface area contributed by atoms with Crippen LogP contribution in [0.25, 0.3) is 44.0 Å². The predicted octanol–water partition coefficient (Wildman–Crippen LogP) is 6.83. The Morgan fingerprint density at radius 2 is 1.85 bits per heavy atom. The zero-order valence-corrected chi connectivity index (χ0v) is 30.9. The van der Waals surface area contributed by atoms with Crippen LogP contribution >= 0.6 is 0 Å². The molecule has 2 amide bonds. The molecular weight excluding hydrogens is 663 g/mol. The Bertz CT molecular complexity index is 2040. The molecule has 12 nitrogen and oxygen atoms in total. The van der Waals surface area contributed by atoms with Crippen LogP contribution in [0.1, 0.15) is 83.4 Å². The number of fused-ring (bicyclic) bond motifs is 4. The maximum Gasteiger partial charge on any atom is 0.407 e. The van der Waals surface area contributed by atoms with Gasteiger partial charge in [0.1, 0.15) is 23.5 Å². The quantitative estimate of drug-likeness (QED) is 0.0782. The normalized spacial score (nSPS) is 16.7. The van der Waals surface area contributed by atoms with Gasteiger partial charge in [0.25, 0.3) is 0 Å². The van der Waals surface area contributed by atoms with Crippen molar-refractivity contribution in [2.24, 2.45) is 17.6 Å². The summed E-state index contributed by atoms with van der Waals surface area (Å²) in [5, 5.41) is 4.64. The molecule has 5 aromatic rings. The van der Waals surface area contributed by atoms with E-state index in [0.717, 1.165) is 58.9 Å². The third-order valence-electron chi connectivity index (χ3n) is 10.4. The van der Waals surface area contributed by atoms with Crippen LogP contribution in [0.15, 0.2) is 42.5 Å². The maximum atomic E-state index is 15.8. The number of imidazole rings is 2. The molecule has 6 N–H and O–H groups in total. The number of likely N-dealkylation sites (tertiary alicyclic amines) is 1. The highest BCUT2D eigenvalue weighted by atomic mass is 19.1. The molecule has 6 rings (SSSR count). The SMILES string of the molecule is CON[C@H](CC(CCCN)c1nc2ccc3cc(-c4cc5[nH]c([C@@H]6CCCN6C(=O)[C@@H](NC(=O)OC)C(C)C)nc5cc4F)ccc3c2[nH]1)C(C)C. The Hall–Kier alpha value is -4.59. The smallest absolute Gasteiger partial charge is 0.407 e. The molecule has 1 saturated heterocycles. The molecule has 3 heterocycles. The summed E-state index contributed by atoms with van der Waals surface area (Å²) in [6.07, 6.45) is 3.49. The van der Waals surface area contributed by atoms with Crippen molar-refractivity contribution in [1.82, 2.24) is 35.6 Å². The van der Waals surface area contributed by atoms with Crippen molar-refractivity contribution in [2.45, 2.75) is 83.8 Å². The number of amides is 2. The van der Waals surface area contributed by atoms with Crippen molar-refractivity contribution >= 4 is 44.8 Å². The molecule has 278 valence electrons. The summed E-state index contributed by atoms with van der Waals surface area (Å²) in [6.45, 7) is 9.25. The molecule has 1 unspecified atom stereocenters. The molecule has 1 aliphatic rings. The molecular formula is C39H51FN8O4. The highest BCUT2D eigenvalue weighted by Gasteiger charge is 2.37. The van der Waals surface area contributed by atoms with Gasteiger partial charge < -0.3 is 35.5 Å². The van der Waals surface area contributed by atoms with E-state index in [1.165, 1.54) is 13.2 Å². The predicted molar refractivity (Wildman–Crippen MR) is 201 cm³/mol. The summed E-state index contributed by atoms with van der Waals surface area (Å²) in [6, 6.07) is 12.3. The van der Waals surface area contributed by atoms with E-state index in [1.807, 2.05) is 44.2 Å². The minimum Gasteiger partial charge on any atom is -0.453 e. The van der Waals surface area contributed by atoms with Gasteiger partial charge in [-0.15, -0.1) is 0 Å². The largest absolute Gasteiger partial charge is 0.453 e. The van der Waals surface area contributed by atoms with Crippen molar-refractivity contribution in [2.75, 3.05) is 27.3 Å². The average molecular weight is 715 g/mol. The minimum absolute atomic E-state index is 0.145. The molecule has 52 heavy (non-hydrogen) atoms. The number of aromatic nitrogens is 4. The van der Waals surface area contributed by atoms with Crippen LogP contribution in [0.4, 0.5) is 9.18 Å². The van der Waals surface area contributed by atoms with Crippen molar-refractivity contribution in [3.63, 3.8) is 0 Å². The van der Waals surface area contributed by atoms with Crippen molar-refractivity contribution < 1.29 is 23.6 Å². The van der Waals surface area contributed by atoms with E-state index in [9.17, 15) is 9.59 Å². The summed E-state index contributed by atoms with van der Waals surface area (Å²) >= 11 is 0. The van der Waals surface area contributed by atoms with Crippen molar-refractivity contribution in [3.05, 3.63) is 59.9 Å². The van der Waals surface area contributed by atoms with E-state index >= 15 is 4.39 Å². The van der Waals surface area contributed by atoms with Crippen LogP contribution in [-0.4, -0.2) is 76.2 Å². The number of ether oxygens (including phenoxy) is 1. The molecule has 3 aromatic carbocycles. The summed E-state index contributed by atoms with van der Waals surface area (Å²) in [5.41, 5.74) is 13.2. The number of methoxy groups -OCH3 is 1. The van der Waals surface area contributed by atoms with Gasteiger partial charge in [0.2, 0.25) is 5.91 Å². The number of alkyl carbamates (subject to hydrolysis) is 1. The minimum atomic E-state index is -0.739. The molecule has 1 aliphatic heterocycles. The van der Waals surface area contributed by atoms with Crippen molar-refractivity contribution in [3.8, 4) is 11.1 Å². The topological polar surface area (TPSA) is 163 Å². The Labute approximate surface area is 303 Å². The molecule has 0 saturated carbocycles. The fourth-order valence-electron chi connectivity index (χ4n) is 7.46. The van der Waals surface area contributed by atoms with Gasteiger partial charge in [-0.2, -0.15) is 5.48 Å².